The summed E-state index contributed by atoms with van der Waals surface area (Å²) in [5, 5.41) is 10.4. The van der Waals surface area contributed by atoms with E-state index in [-0.39, 0.29) is 0 Å². The molecule has 2 nitrogen and oxygen atoms in total. The van der Waals surface area contributed by atoms with E-state index in [1.807, 2.05) is 22.7 Å². The van der Waals surface area contributed by atoms with Gasteiger partial charge >= 0.3 is 0 Å². The molecule has 0 atom stereocenters. The lowest BCUT2D eigenvalue weighted by molar-refractivity contribution is 1.19. The van der Waals surface area contributed by atoms with Crippen molar-refractivity contribution in [3.63, 3.8) is 0 Å². The van der Waals surface area contributed by atoms with Crippen molar-refractivity contribution < 1.29 is 0 Å². The molecule has 0 amide bonds. The van der Waals surface area contributed by atoms with Gasteiger partial charge in [0.25, 0.3) is 0 Å². The summed E-state index contributed by atoms with van der Waals surface area (Å²) >= 11 is 3.79. The van der Waals surface area contributed by atoms with Crippen LogP contribution >= 0.6 is 22.7 Å². The summed E-state index contributed by atoms with van der Waals surface area (Å²) in [5.74, 6) is 0. The molecule has 0 aliphatic carbocycles. The lowest BCUT2D eigenvalue weighted by Crippen LogP contribution is -1.93. The third-order valence-electron chi connectivity index (χ3n) is 10.9. The number of para-hydroxylation sites is 4. The van der Waals surface area contributed by atoms with E-state index in [0.717, 1.165) is 0 Å². The number of hydrogen-bond donors (Lipinski definition) is 0. The number of rotatable bonds is 3. The second-order valence-electron chi connectivity index (χ2n) is 13.7. The molecule has 4 heterocycles. The lowest BCUT2D eigenvalue weighted by Gasteiger charge is -2.10. The van der Waals surface area contributed by atoms with E-state index in [0.29, 0.717) is 0 Å². The zero-order valence-corrected chi connectivity index (χ0v) is 29.5. The van der Waals surface area contributed by atoms with Gasteiger partial charge in [0.1, 0.15) is 0 Å². The fourth-order valence-electron chi connectivity index (χ4n) is 8.72. The maximum Gasteiger partial charge on any atom is 0.0541 e. The summed E-state index contributed by atoms with van der Waals surface area (Å²) in [5.41, 5.74) is 9.92. The Hall–Kier alpha value is -6.20. The predicted octanol–water partition coefficient (Wildman–Crippen LogP) is 14.3. The van der Waals surface area contributed by atoms with Crippen LogP contribution in [-0.4, -0.2) is 9.13 Å². The van der Waals surface area contributed by atoms with Crippen LogP contribution in [0.5, 0.6) is 0 Å². The largest absolute Gasteiger partial charge is 0.309 e. The molecule has 0 radical (unpaired) electrons. The summed E-state index contributed by atoms with van der Waals surface area (Å²) in [6.45, 7) is 0. The summed E-state index contributed by atoms with van der Waals surface area (Å²) in [6, 6.07) is 62.8. The second kappa shape index (κ2) is 10.7. The monoisotopic (exact) mass is 696 g/mol. The van der Waals surface area contributed by atoms with Gasteiger partial charge in [-0.1, -0.05) is 103 Å². The average Bonchev–Trinajstić information content (AvgIpc) is 3.95. The molecule has 242 valence electrons. The lowest BCUT2D eigenvalue weighted by atomic mass is 9.97. The summed E-state index contributed by atoms with van der Waals surface area (Å²) in [7, 11) is 0. The normalized spacial score (nSPS) is 12.2. The smallest absolute Gasteiger partial charge is 0.0541 e. The minimum atomic E-state index is 1.19. The standard InChI is InChI=1S/C48H28N2S2/c1-5-18-40-31(11-1)32-12-2-6-19-41(32)49(40)29-23-25-44-38(27-29)37-17-9-16-36(48(37)52-44)35-15-10-22-46-47(35)39-28-30(24-26-45(39)51-46)50-42-20-7-3-13-33(42)34-14-4-8-21-43(34)50/h1-28H. The van der Waals surface area contributed by atoms with E-state index in [1.54, 1.807) is 0 Å². The van der Waals surface area contributed by atoms with Crippen molar-refractivity contribution in [2.24, 2.45) is 0 Å². The van der Waals surface area contributed by atoms with Crippen LogP contribution in [0.2, 0.25) is 0 Å². The van der Waals surface area contributed by atoms with Crippen LogP contribution in [0.1, 0.15) is 0 Å². The molecule has 0 saturated carbocycles. The van der Waals surface area contributed by atoms with Crippen molar-refractivity contribution >= 4 is 107 Å². The van der Waals surface area contributed by atoms with Crippen molar-refractivity contribution in [1.29, 1.82) is 0 Å². The van der Waals surface area contributed by atoms with Gasteiger partial charge in [0.05, 0.1) is 22.1 Å². The van der Waals surface area contributed by atoms with E-state index >= 15 is 0 Å². The molecule has 8 aromatic carbocycles. The molecule has 0 saturated heterocycles. The number of aromatic nitrogens is 2. The first-order valence-corrected chi connectivity index (χ1v) is 19.3. The highest BCUT2D eigenvalue weighted by molar-refractivity contribution is 7.26. The van der Waals surface area contributed by atoms with Crippen molar-refractivity contribution in [2.45, 2.75) is 0 Å². The molecule has 12 aromatic rings. The minimum Gasteiger partial charge on any atom is -0.309 e. The molecular weight excluding hydrogens is 669 g/mol. The molecule has 0 bridgehead atoms. The van der Waals surface area contributed by atoms with E-state index < -0.39 is 0 Å². The molecule has 52 heavy (non-hydrogen) atoms. The Morgan fingerprint density at radius 3 is 1.35 bits per heavy atom. The van der Waals surface area contributed by atoms with Gasteiger partial charge in [-0.05, 0) is 72.3 Å². The Kier molecular flexibility index (Phi) is 5.84. The van der Waals surface area contributed by atoms with Gasteiger partial charge in [0, 0.05) is 78.8 Å². The van der Waals surface area contributed by atoms with Crippen molar-refractivity contribution in [3.05, 3.63) is 170 Å². The van der Waals surface area contributed by atoms with E-state index in [2.05, 4.69) is 179 Å². The van der Waals surface area contributed by atoms with Crippen molar-refractivity contribution in [3.8, 4) is 22.5 Å². The van der Waals surface area contributed by atoms with Crippen LogP contribution in [0.4, 0.5) is 0 Å². The van der Waals surface area contributed by atoms with Gasteiger partial charge < -0.3 is 9.13 Å². The second-order valence-corrected chi connectivity index (χ2v) is 15.8. The Morgan fingerprint density at radius 2 is 0.769 bits per heavy atom. The zero-order chi connectivity index (χ0) is 33.9. The number of nitrogens with zero attached hydrogens (tertiary/aromatic N) is 2. The molecule has 0 aliphatic heterocycles. The quantitative estimate of drug-likeness (QED) is 0.174. The highest BCUT2D eigenvalue weighted by atomic mass is 32.1. The topological polar surface area (TPSA) is 9.86 Å². The predicted molar refractivity (Wildman–Crippen MR) is 226 cm³/mol. The first-order valence-electron chi connectivity index (χ1n) is 17.7. The average molecular weight is 697 g/mol. The van der Waals surface area contributed by atoms with E-state index in [9.17, 15) is 0 Å². The fraction of sp³-hybridized carbons (Fsp3) is 0. The summed E-state index contributed by atoms with van der Waals surface area (Å²) in [4.78, 5) is 0. The molecule has 4 heteroatoms. The van der Waals surface area contributed by atoms with Gasteiger partial charge in [-0.25, -0.2) is 0 Å². The molecule has 0 aliphatic rings. The van der Waals surface area contributed by atoms with Gasteiger partial charge in [-0.2, -0.15) is 0 Å². The van der Waals surface area contributed by atoms with E-state index in [1.165, 1.54) is 106 Å². The van der Waals surface area contributed by atoms with Crippen LogP contribution in [0.3, 0.4) is 0 Å². The number of benzene rings is 8. The number of hydrogen-bond acceptors (Lipinski definition) is 2. The molecule has 0 unspecified atom stereocenters. The maximum atomic E-state index is 2.43. The highest BCUT2D eigenvalue weighted by Crippen LogP contribution is 2.46. The molecule has 0 spiro atoms. The molecule has 12 rings (SSSR count). The zero-order valence-electron chi connectivity index (χ0n) is 27.9. The summed E-state index contributed by atoms with van der Waals surface area (Å²) < 4.78 is 10.1. The third-order valence-corrected chi connectivity index (χ3v) is 13.3. The SMILES string of the molecule is c1cc(-c2cccc3c2sc2ccc(-n4c5ccccc5c5ccccc54)cc23)c2c(c1)sc1ccc(-n3c4ccccc4c4ccccc43)cc12. The van der Waals surface area contributed by atoms with Crippen LogP contribution in [0.15, 0.2) is 170 Å². The Bertz CT molecular complexity index is 3320. The molecule has 0 fully saturated rings. The highest BCUT2D eigenvalue weighted by Gasteiger charge is 2.19. The molecule has 0 N–H and O–H groups in total. The van der Waals surface area contributed by atoms with Gasteiger partial charge in [0.2, 0.25) is 0 Å². The maximum absolute atomic E-state index is 2.43. The molecule has 4 aromatic heterocycles. The third kappa shape index (κ3) is 3.88. The number of fused-ring (bicyclic) bond motifs is 12. The Morgan fingerprint density at radius 1 is 0.308 bits per heavy atom. The van der Waals surface area contributed by atoms with Crippen LogP contribution in [0.25, 0.3) is 106 Å². The van der Waals surface area contributed by atoms with Crippen molar-refractivity contribution in [1.82, 2.24) is 9.13 Å². The fourth-order valence-corrected chi connectivity index (χ4v) is 11.0. The van der Waals surface area contributed by atoms with Gasteiger partial charge in [-0.15, -0.1) is 22.7 Å². The van der Waals surface area contributed by atoms with Crippen molar-refractivity contribution in [2.75, 3.05) is 0 Å². The first-order chi connectivity index (χ1) is 25.8. The van der Waals surface area contributed by atoms with Gasteiger partial charge in [0.15, 0.2) is 0 Å². The first kappa shape index (κ1) is 28.5. The number of thiophene rings is 2. The Labute approximate surface area is 306 Å². The van der Waals surface area contributed by atoms with Crippen LogP contribution in [0, 0.1) is 0 Å². The van der Waals surface area contributed by atoms with E-state index in [4.69, 9.17) is 0 Å². The summed E-state index contributed by atoms with van der Waals surface area (Å²) in [6.07, 6.45) is 0. The van der Waals surface area contributed by atoms with Crippen LogP contribution in [-0.2, 0) is 0 Å². The Balaban J connectivity index is 1.08. The van der Waals surface area contributed by atoms with Crippen LogP contribution < -0.4 is 0 Å². The molecular formula is C48H28N2S2. The minimum absolute atomic E-state index is 1.19. The van der Waals surface area contributed by atoms with Gasteiger partial charge in [-0.3, -0.25) is 0 Å².